The topological polar surface area (TPSA) is 106 Å². The van der Waals surface area contributed by atoms with E-state index >= 15 is 0 Å². The van der Waals surface area contributed by atoms with Crippen molar-refractivity contribution in [2.45, 2.75) is 13.1 Å². The predicted molar refractivity (Wildman–Crippen MR) is 83.5 cm³/mol. The van der Waals surface area contributed by atoms with Gasteiger partial charge in [0.05, 0.1) is 11.1 Å². The molecule has 0 unspecified atom stereocenters. The van der Waals surface area contributed by atoms with E-state index in [0.29, 0.717) is 18.7 Å². The number of fused-ring (bicyclic) bond motifs is 1. The van der Waals surface area contributed by atoms with E-state index in [0.717, 1.165) is 11.3 Å². The van der Waals surface area contributed by atoms with Crippen molar-refractivity contribution in [1.29, 1.82) is 0 Å². The molecule has 0 fully saturated rings. The number of hydrogen-bond acceptors (Lipinski definition) is 5. The van der Waals surface area contributed by atoms with E-state index in [2.05, 4.69) is 10.6 Å². The number of nitrogens with zero attached hydrogens (tertiary/aromatic N) is 2. The monoisotopic (exact) mass is 314 g/mol. The van der Waals surface area contributed by atoms with Gasteiger partial charge in [-0.05, 0) is 17.7 Å². The summed E-state index contributed by atoms with van der Waals surface area (Å²) in [4.78, 5) is 33.5. The van der Waals surface area contributed by atoms with Gasteiger partial charge in [0.15, 0.2) is 0 Å². The van der Waals surface area contributed by atoms with Crippen LogP contribution in [0, 0.1) is 10.1 Å². The zero-order chi connectivity index (χ0) is 16.4. The molecule has 1 aromatic carbocycles. The SMILES string of the molecule is O=C1NCc2ccc(NCCn3cc([N+](=O)[O-])ccc3=O)cc21. The minimum atomic E-state index is -0.539. The van der Waals surface area contributed by atoms with Crippen LogP contribution in [0.3, 0.4) is 0 Å². The lowest BCUT2D eigenvalue weighted by atomic mass is 10.1. The fourth-order valence-electron chi connectivity index (χ4n) is 2.44. The van der Waals surface area contributed by atoms with Crippen LogP contribution < -0.4 is 16.2 Å². The molecule has 0 saturated heterocycles. The Hall–Kier alpha value is -3.16. The van der Waals surface area contributed by atoms with E-state index in [1.54, 1.807) is 6.07 Å². The molecule has 8 nitrogen and oxygen atoms in total. The predicted octanol–water partition coefficient (Wildman–Crippen LogP) is 1.11. The summed E-state index contributed by atoms with van der Waals surface area (Å²) in [5.41, 5.74) is 1.93. The van der Waals surface area contributed by atoms with Crippen molar-refractivity contribution in [3.63, 3.8) is 0 Å². The van der Waals surface area contributed by atoms with Crippen molar-refractivity contribution in [2.24, 2.45) is 0 Å². The molecule has 23 heavy (non-hydrogen) atoms. The third kappa shape index (κ3) is 3.05. The maximum absolute atomic E-state index is 11.7. The quantitative estimate of drug-likeness (QED) is 0.635. The van der Waals surface area contributed by atoms with Crippen LogP contribution in [0.4, 0.5) is 11.4 Å². The largest absolute Gasteiger partial charge is 0.383 e. The first kappa shape index (κ1) is 14.8. The number of nitrogens with one attached hydrogen (secondary N) is 2. The van der Waals surface area contributed by atoms with Crippen LogP contribution in [0.1, 0.15) is 15.9 Å². The standard InChI is InChI=1S/C15H14N4O4/c20-14-4-3-12(19(22)23)9-18(14)6-5-16-11-2-1-10-8-17-15(21)13(10)7-11/h1-4,7,9,16H,5-6,8H2,(H,17,21). The van der Waals surface area contributed by atoms with Gasteiger partial charge in [0.2, 0.25) is 0 Å². The van der Waals surface area contributed by atoms with Gasteiger partial charge < -0.3 is 15.2 Å². The summed E-state index contributed by atoms with van der Waals surface area (Å²) >= 11 is 0. The van der Waals surface area contributed by atoms with E-state index in [1.165, 1.54) is 22.9 Å². The molecule has 0 bridgehead atoms. The van der Waals surface area contributed by atoms with Crippen molar-refractivity contribution in [3.8, 4) is 0 Å². The Morgan fingerprint density at radius 3 is 2.87 bits per heavy atom. The summed E-state index contributed by atoms with van der Waals surface area (Å²) in [5, 5.41) is 16.6. The lowest BCUT2D eigenvalue weighted by molar-refractivity contribution is -0.385. The van der Waals surface area contributed by atoms with Gasteiger partial charge >= 0.3 is 0 Å². The number of amides is 1. The van der Waals surface area contributed by atoms with Gasteiger partial charge in [0, 0.05) is 43.0 Å². The molecule has 1 aromatic heterocycles. The summed E-state index contributed by atoms with van der Waals surface area (Å²) in [5.74, 6) is -0.0986. The third-order valence-corrected chi connectivity index (χ3v) is 3.65. The molecular weight excluding hydrogens is 300 g/mol. The zero-order valence-electron chi connectivity index (χ0n) is 12.1. The summed E-state index contributed by atoms with van der Waals surface area (Å²) in [6.45, 7) is 1.22. The molecule has 2 heterocycles. The Labute approximate surface area is 130 Å². The van der Waals surface area contributed by atoms with Gasteiger partial charge in [-0.3, -0.25) is 19.7 Å². The van der Waals surface area contributed by atoms with Crippen molar-refractivity contribution in [2.75, 3.05) is 11.9 Å². The number of nitro groups is 1. The number of anilines is 1. The molecule has 0 aliphatic carbocycles. The minimum absolute atomic E-state index is 0.0986. The van der Waals surface area contributed by atoms with Gasteiger partial charge in [-0.25, -0.2) is 0 Å². The number of aromatic nitrogens is 1. The summed E-state index contributed by atoms with van der Waals surface area (Å²) in [6.07, 6.45) is 1.22. The van der Waals surface area contributed by atoms with Crippen LogP contribution in [-0.2, 0) is 13.1 Å². The molecule has 1 aliphatic heterocycles. The summed E-state index contributed by atoms with van der Waals surface area (Å²) in [6, 6.07) is 7.85. The Morgan fingerprint density at radius 1 is 1.26 bits per heavy atom. The zero-order valence-corrected chi connectivity index (χ0v) is 12.1. The fraction of sp³-hybridized carbons (Fsp3) is 0.200. The first-order valence-corrected chi connectivity index (χ1v) is 7.04. The highest BCUT2D eigenvalue weighted by molar-refractivity contribution is 5.99. The highest BCUT2D eigenvalue weighted by Gasteiger charge is 2.18. The Balaban J connectivity index is 1.67. The van der Waals surface area contributed by atoms with Crippen LogP contribution >= 0.6 is 0 Å². The average Bonchev–Trinajstić information content (AvgIpc) is 2.90. The van der Waals surface area contributed by atoms with E-state index in [9.17, 15) is 19.7 Å². The maximum atomic E-state index is 11.7. The Morgan fingerprint density at radius 2 is 2.09 bits per heavy atom. The van der Waals surface area contributed by atoms with E-state index < -0.39 is 4.92 Å². The van der Waals surface area contributed by atoms with Crippen LogP contribution in [0.2, 0.25) is 0 Å². The molecule has 0 atom stereocenters. The average molecular weight is 314 g/mol. The van der Waals surface area contributed by atoms with E-state index in [1.807, 2.05) is 12.1 Å². The van der Waals surface area contributed by atoms with Crippen molar-refractivity contribution >= 4 is 17.3 Å². The molecule has 0 saturated carbocycles. The van der Waals surface area contributed by atoms with Gasteiger partial charge in [-0.2, -0.15) is 0 Å². The number of carbonyl (C=O) groups is 1. The van der Waals surface area contributed by atoms with Crippen LogP contribution in [-0.4, -0.2) is 21.9 Å². The Bertz CT molecular complexity index is 844. The molecular formula is C15H14N4O4. The summed E-state index contributed by atoms with van der Waals surface area (Å²) < 4.78 is 1.28. The van der Waals surface area contributed by atoms with Crippen LogP contribution in [0.25, 0.3) is 0 Å². The molecule has 8 heteroatoms. The van der Waals surface area contributed by atoms with Gasteiger partial charge in [0.25, 0.3) is 17.2 Å². The van der Waals surface area contributed by atoms with E-state index in [4.69, 9.17) is 0 Å². The smallest absolute Gasteiger partial charge is 0.285 e. The van der Waals surface area contributed by atoms with Crippen LogP contribution in [0.5, 0.6) is 0 Å². The number of pyridine rings is 1. The highest BCUT2D eigenvalue weighted by Crippen LogP contribution is 2.19. The van der Waals surface area contributed by atoms with E-state index in [-0.39, 0.29) is 23.7 Å². The molecule has 2 aromatic rings. The van der Waals surface area contributed by atoms with Gasteiger partial charge in [-0.1, -0.05) is 6.07 Å². The molecule has 2 N–H and O–H groups in total. The minimum Gasteiger partial charge on any atom is -0.383 e. The van der Waals surface area contributed by atoms with Gasteiger partial charge in [-0.15, -0.1) is 0 Å². The molecule has 3 rings (SSSR count). The fourth-order valence-corrected chi connectivity index (χ4v) is 2.44. The molecule has 0 radical (unpaired) electrons. The second-order valence-corrected chi connectivity index (χ2v) is 5.16. The van der Waals surface area contributed by atoms with Crippen molar-refractivity contribution in [1.82, 2.24) is 9.88 Å². The molecule has 1 amide bonds. The molecule has 118 valence electrons. The Kier molecular flexibility index (Phi) is 3.80. The first-order valence-electron chi connectivity index (χ1n) is 7.04. The number of carbonyl (C=O) groups excluding carboxylic acids is 1. The second kappa shape index (κ2) is 5.91. The number of rotatable bonds is 5. The second-order valence-electron chi connectivity index (χ2n) is 5.16. The maximum Gasteiger partial charge on any atom is 0.285 e. The van der Waals surface area contributed by atoms with Crippen molar-refractivity contribution < 1.29 is 9.72 Å². The first-order chi connectivity index (χ1) is 11.0. The molecule has 1 aliphatic rings. The third-order valence-electron chi connectivity index (χ3n) is 3.65. The summed E-state index contributed by atoms with van der Waals surface area (Å²) in [7, 11) is 0. The molecule has 0 spiro atoms. The number of benzene rings is 1. The number of hydrogen-bond donors (Lipinski definition) is 2. The lowest BCUT2D eigenvalue weighted by Gasteiger charge is -2.09. The highest BCUT2D eigenvalue weighted by atomic mass is 16.6. The van der Waals surface area contributed by atoms with Crippen LogP contribution in [0.15, 0.2) is 41.3 Å². The van der Waals surface area contributed by atoms with Crippen molar-refractivity contribution in [3.05, 3.63) is 68.1 Å². The van der Waals surface area contributed by atoms with Gasteiger partial charge in [0.1, 0.15) is 0 Å². The normalized spacial score (nSPS) is 12.6. The lowest BCUT2D eigenvalue weighted by Crippen LogP contribution is -2.22.